The minimum Gasteiger partial charge on any atom is -0.492 e. The van der Waals surface area contributed by atoms with E-state index in [2.05, 4.69) is 27.3 Å². The number of halogens is 1. The number of hydrogen-bond donors (Lipinski definition) is 2. The number of nitrogens with two attached hydrogens (primary N) is 1. The predicted molar refractivity (Wildman–Crippen MR) is 83.1 cm³/mol. The van der Waals surface area contributed by atoms with Gasteiger partial charge in [-0.05, 0) is 58.4 Å². The maximum atomic E-state index is 8.88. The van der Waals surface area contributed by atoms with E-state index in [0.29, 0.717) is 18.7 Å². The second-order valence-corrected chi connectivity index (χ2v) is 4.95. The third-order valence-corrected chi connectivity index (χ3v) is 3.28. The molecule has 0 unspecified atom stereocenters. The number of nitriles is 1. The summed E-state index contributed by atoms with van der Waals surface area (Å²) in [5, 5.41) is 12.1. The van der Waals surface area contributed by atoms with Gasteiger partial charge < -0.3 is 15.8 Å². The van der Waals surface area contributed by atoms with Crippen LogP contribution in [0.2, 0.25) is 0 Å². The van der Waals surface area contributed by atoms with Crippen LogP contribution >= 0.6 is 15.9 Å². The summed E-state index contributed by atoms with van der Waals surface area (Å²) in [6.45, 7) is 1.01. The Morgan fingerprint density at radius 1 is 1.15 bits per heavy atom. The highest BCUT2D eigenvalue weighted by Gasteiger charge is 2.01. The van der Waals surface area contributed by atoms with Crippen LogP contribution in [0, 0.1) is 11.3 Å². The van der Waals surface area contributed by atoms with E-state index in [-0.39, 0.29) is 0 Å². The summed E-state index contributed by atoms with van der Waals surface area (Å²) in [5.74, 6) is 0.794. The van der Waals surface area contributed by atoms with E-state index < -0.39 is 0 Å². The lowest BCUT2D eigenvalue weighted by atomic mass is 10.2. The van der Waals surface area contributed by atoms with Crippen LogP contribution in [0.4, 0.5) is 11.4 Å². The van der Waals surface area contributed by atoms with Crippen molar-refractivity contribution in [2.45, 2.75) is 0 Å². The fourth-order valence-corrected chi connectivity index (χ4v) is 2.13. The van der Waals surface area contributed by atoms with Gasteiger partial charge in [0.25, 0.3) is 0 Å². The van der Waals surface area contributed by atoms with Crippen molar-refractivity contribution in [2.24, 2.45) is 5.73 Å². The Balaban J connectivity index is 2.06. The van der Waals surface area contributed by atoms with Crippen molar-refractivity contribution in [1.82, 2.24) is 0 Å². The van der Waals surface area contributed by atoms with Crippen molar-refractivity contribution in [3.05, 3.63) is 52.5 Å². The largest absolute Gasteiger partial charge is 0.492 e. The number of hydrogen-bond acceptors (Lipinski definition) is 4. The summed E-state index contributed by atoms with van der Waals surface area (Å²) in [4.78, 5) is 0. The lowest BCUT2D eigenvalue weighted by molar-refractivity contribution is 0.328. The van der Waals surface area contributed by atoms with Gasteiger partial charge in [0.1, 0.15) is 18.4 Å². The van der Waals surface area contributed by atoms with E-state index in [4.69, 9.17) is 15.7 Å². The molecule has 0 bridgehead atoms. The van der Waals surface area contributed by atoms with Crippen molar-refractivity contribution in [3.8, 4) is 11.8 Å². The SMILES string of the molecule is N#Cc1ccc(Nc2ccc(OCCN)cc2)cc1Br. The molecule has 2 rings (SSSR count). The molecule has 2 aromatic carbocycles. The molecule has 5 heteroatoms. The van der Waals surface area contributed by atoms with Crippen molar-refractivity contribution < 1.29 is 4.74 Å². The van der Waals surface area contributed by atoms with Crippen LogP contribution in [0.15, 0.2) is 46.9 Å². The van der Waals surface area contributed by atoms with Gasteiger partial charge in [-0.3, -0.25) is 0 Å². The van der Waals surface area contributed by atoms with E-state index >= 15 is 0 Å². The Kier molecular flexibility index (Phi) is 4.99. The maximum absolute atomic E-state index is 8.88. The zero-order valence-electron chi connectivity index (χ0n) is 10.8. The topological polar surface area (TPSA) is 71.1 Å². The van der Waals surface area contributed by atoms with Crippen LogP contribution < -0.4 is 15.8 Å². The van der Waals surface area contributed by atoms with Gasteiger partial charge in [-0.2, -0.15) is 5.26 Å². The Hall–Kier alpha value is -2.03. The molecule has 0 aliphatic rings. The molecule has 0 radical (unpaired) electrons. The van der Waals surface area contributed by atoms with Crippen LogP contribution in [0.25, 0.3) is 0 Å². The van der Waals surface area contributed by atoms with Gasteiger partial charge in [0, 0.05) is 22.4 Å². The predicted octanol–water partition coefficient (Wildman–Crippen LogP) is 3.40. The average Bonchev–Trinajstić information content (AvgIpc) is 2.47. The molecule has 0 aliphatic heterocycles. The third kappa shape index (κ3) is 3.73. The molecular weight excluding hydrogens is 318 g/mol. The monoisotopic (exact) mass is 331 g/mol. The molecule has 0 heterocycles. The van der Waals surface area contributed by atoms with E-state index in [1.54, 1.807) is 6.07 Å². The first-order chi connectivity index (χ1) is 9.72. The van der Waals surface area contributed by atoms with Crippen LogP contribution in [0.3, 0.4) is 0 Å². The molecule has 3 N–H and O–H groups in total. The second-order valence-electron chi connectivity index (χ2n) is 4.09. The van der Waals surface area contributed by atoms with Crippen molar-refractivity contribution >= 4 is 27.3 Å². The molecular formula is C15H14BrN3O. The minimum absolute atomic E-state index is 0.499. The average molecular weight is 332 g/mol. The lowest BCUT2D eigenvalue weighted by Crippen LogP contribution is -2.10. The molecule has 0 spiro atoms. The fraction of sp³-hybridized carbons (Fsp3) is 0.133. The highest BCUT2D eigenvalue weighted by molar-refractivity contribution is 9.10. The van der Waals surface area contributed by atoms with E-state index in [1.165, 1.54) is 0 Å². The molecule has 2 aromatic rings. The van der Waals surface area contributed by atoms with E-state index in [9.17, 15) is 0 Å². The Morgan fingerprint density at radius 2 is 1.85 bits per heavy atom. The van der Waals surface area contributed by atoms with Crippen LogP contribution in [0.1, 0.15) is 5.56 Å². The van der Waals surface area contributed by atoms with Gasteiger partial charge in [-0.15, -0.1) is 0 Å². The smallest absolute Gasteiger partial charge is 0.119 e. The van der Waals surface area contributed by atoms with Gasteiger partial charge in [0.05, 0.1) is 5.56 Å². The minimum atomic E-state index is 0.499. The first-order valence-corrected chi connectivity index (χ1v) is 6.92. The Morgan fingerprint density at radius 3 is 2.45 bits per heavy atom. The second kappa shape index (κ2) is 6.94. The molecule has 0 atom stereocenters. The Labute approximate surface area is 126 Å². The standard InChI is InChI=1S/C15H14BrN3O/c16-15-9-13(2-1-11(15)10-18)19-12-3-5-14(6-4-12)20-8-7-17/h1-6,9,19H,7-8,17H2. The molecule has 0 saturated carbocycles. The summed E-state index contributed by atoms with van der Waals surface area (Å²) in [6.07, 6.45) is 0. The Bertz CT molecular complexity index is 620. The number of ether oxygens (including phenoxy) is 1. The van der Waals surface area contributed by atoms with Crippen molar-refractivity contribution in [1.29, 1.82) is 5.26 Å². The summed E-state index contributed by atoms with van der Waals surface area (Å²) in [6, 6.07) is 15.2. The van der Waals surface area contributed by atoms with Gasteiger partial charge in [0.2, 0.25) is 0 Å². The summed E-state index contributed by atoms with van der Waals surface area (Å²) in [5.41, 5.74) is 7.85. The number of anilines is 2. The maximum Gasteiger partial charge on any atom is 0.119 e. The molecule has 102 valence electrons. The van der Waals surface area contributed by atoms with Crippen molar-refractivity contribution in [3.63, 3.8) is 0 Å². The first-order valence-electron chi connectivity index (χ1n) is 6.12. The highest BCUT2D eigenvalue weighted by atomic mass is 79.9. The van der Waals surface area contributed by atoms with E-state index in [0.717, 1.165) is 21.6 Å². The molecule has 0 aromatic heterocycles. The zero-order valence-corrected chi connectivity index (χ0v) is 12.4. The molecule has 0 amide bonds. The number of nitrogens with one attached hydrogen (secondary N) is 1. The lowest BCUT2D eigenvalue weighted by Gasteiger charge is -2.09. The van der Waals surface area contributed by atoms with Crippen LogP contribution in [-0.4, -0.2) is 13.2 Å². The van der Waals surface area contributed by atoms with Crippen molar-refractivity contribution in [2.75, 3.05) is 18.5 Å². The normalized spacial score (nSPS) is 9.85. The molecule has 0 fully saturated rings. The quantitative estimate of drug-likeness (QED) is 0.880. The highest BCUT2D eigenvalue weighted by Crippen LogP contribution is 2.24. The molecule has 20 heavy (non-hydrogen) atoms. The summed E-state index contributed by atoms with van der Waals surface area (Å²) >= 11 is 3.37. The third-order valence-electron chi connectivity index (χ3n) is 2.62. The van der Waals surface area contributed by atoms with Gasteiger partial charge in [-0.1, -0.05) is 0 Å². The van der Waals surface area contributed by atoms with Crippen LogP contribution in [0.5, 0.6) is 5.75 Å². The van der Waals surface area contributed by atoms with E-state index in [1.807, 2.05) is 36.4 Å². The van der Waals surface area contributed by atoms with Crippen LogP contribution in [-0.2, 0) is 0 Å². The molecule has 4 nitrogen and oxygen atoms in total. The zero-order chi connectivity index (χ0) is 14.4. The number of rotatable bonds is 5. The van der Waals surface area contributed by atoms with Gasteiger partial charge >= 0.3 is 0 Å². The molecule has 0 aliphatic carbocycles. The summed E-state index contributed by atoms with van der Waals surface area (Å²) < 4.78 is 6.18. The first kappa shape index (κ1) is 14.4. The number of benzene rings is 2. The van der Waals surface area contributed by atoms with Gasteiger partial charge in [0.15, 0.2) is 0 Å². The molecule has 0 saturated heterocycles. The fourth-order valence-electron chi connectivity index (χ4n) is 1.66. The van der Waals surface area contributed by atoms with Gasteiger partial charge in [-0.25, -0.2) is 0 Å². The summed E-state index contributed by atoms with van der Waals surface area (Å²) in [7, 11) is 0. The number of nitrogens with zero attached hydrogens (tertiary/aromatic N) is 1.